The quantitative estimate of drug-likeness (QED) is 0.194. The molecule has 0 aliphatic heterocycles. The van der Waals surface area contributed by atoms with E-state index < -0.39 is 0 Å². The van der Waals surface area contributed by atoms with Crippen molar-refractivity contribution in [1.29, 1.82) is 0 Å². The number of rotatable bonds is 4. The number of fused-ring (bicyclic) bond motifs is 8. The molecule has 0 amide bonds. The van der Waals surface area contributed by atoms with Gasteiger partial charge in [0.25, 0.3) is 0 Å². The van der Waals surface area contributed by atoms with Crippen LogP contribution in [-0.4, -0.2) is 19.5 Å². The Kier molecular flexibility index (Phi) is 6.01. The number of nitrogens with zero attached hydrogens (tertiary/aromatic N) is 4. The van der Waals surface area contributed by atoms with Gasteiger partial charge < -0.3 is 4.57 Å². The summed E-state index contributed by atoms with van der Waals surface area (Å²) in [5, 5.41) is 7.57. The van der Waals surface area contributed by atoms with Crippen LogP contribution in [0.3, 0.4) is 0 Å². The van der Waals surface area contributed by atoms with Gasteiger partial charge in [-0.1, -0.05) is 127 Å². The molecular formula is C43H26N4S. The molecule has 3 aromatic heterocycles. The summed E-state index contributed by atoms with van der Waals surface area (Å²) in [7, 11) is 0. The Morgan fingerprint density at radius 3 is 1.79 bits per heavy atom. The van der Waals surface area contributed by atoms with E-state index in [1.807, 2.05) is 72.0 Å². The summed E-state index contributed by atoms with van der Waals surface area (Å²) >= 11 is 1.81. The molecule has 10 aromatic rings. The Bertz CT molecular complexity index is 2780. The first kappa shape index (κ1) is 27.0. The Morgan fingerprint density at radius 2 is 1.04 bits per heavy atom. The minimum absolute atomic E-state index is 0.663. The summed E-state index contributed by atoms with van der Waals surface area (Å²) in [6.45, 7) is 0. The number of thiophene rings is 1. The second-order valence-corrected chi connectivity index (χ2v) is 13.1. The molecule has 0 atom stereocenters. The molecule has 0 radical (unpaired) electrons. The van der Waals surface area contributed by atoms with Gasteiger partial charge >= 0.3 is 0 Å². The molecule has 0 saturated carbocycles. The number of para-hydroxylation sites is 1. The maximum atomic E-state index is 4.99. The SMILES string of the molecule is c1ccc(-c2nc(-c3ccccc3)nc(-c3ccc4c(c3)sc3cccc(-n5c6ccccc6c6c7ccccc7ccc65)c34)n2)cc1. The summed E-state index contributed by atoms with van der Waals surface area (Å²) in [6.07, 6.45) is 0. The van der Waals surface area contributed by atoms with E-state index in [9.17, 15) is 0 Å². The minimum atomic E-state index is 0.663. The minimum Gasteiger partial charge on any atom is -0.309 e. The highest BCUT2D eigenvalue weighted by Crippen LogP contribution is 2.43. The third kappa shape index (κ3) is 4.18. The predicted octanol–water partition coefficient (Wildman–Crippen LogP) is 11.5. The van der Waals surface area contributed by atoms with E-state index >= 15 is 0 Å². The van der Waals surface area contributed by atoms with E-state index in [0.29, 0.717) is 17.5 Å². The van der Waals surface area contributed by atoms with Crippen molar-refractivity contribution in [3.8, 4) is 39.9 Å². The normalized spacial score (nSPS) is 11.8. The van der Waals surface area contributed by atoms with Gasteiger partial charge in [-0.3, -0.25) is 0 Å². The van der Waals surface area contributed by atoms with Crippen LogP contribution in [-0.2, 0) is 0 Å². The summed E-state index contributed by atoms with van der Waals surface area (Å²) < 4.78 is 4.89. The Morgan fingerprint density at radius 1 is 0.396 bits per heavy atom. The first-order valence-corrected chi connectivity index (χ1v) is 16.9. The van der Waals surface area contributed by atoms with Gasteiger partial charge in [-0.15, -0.1) is 11.3 Å². The largest absolute Gasteiger partial charge is 0.309 e. The lowest BCUT2D eigenvalue weighted by Gasteiger charge is -2.11. The van der Waals surface area contributed by atoms with Crippen LogP contribution >= 0.6 is 11.3 Å². The van der Waals surface area contributed by atoms with Crippen LogP contribution in [0.5, 0.6) is 0 Å². The molecule has 0 aliphatic carbocycles. The summed E-state index contributed by atoms with van der Waals surface area (Å²) in [5.74, 6) is 1.99. The van der Waals surface area contributed by atoms with Crippen molar-refractivity contribution in [3.63, 3.8) is 0 Å². The van der Waals surface area contributed by atoms with Gasteiger partial charge in [0.2, 0.25) is 0 Å². The fourth-order valence-corrected chi connectivity index (χ4v) is 8.24. The second-order valence-electron chi connectivity index (χ2n) is 12.0. The van der Waals surface area contributed by atoms with Crippen LogP contribution in [0.1, 0.15) is 0 Å². The zero-order valence-corrected chi connectivity index (χ0v) is 26.5. The highest BCUT2D eigenvalue weighted by Gasteiger charge is 2.19. The standard InChI is InChI=1S/C43H26N4S/c1-3-13-28(14-4-1)41-44-42(29-15-5-2-6-16-29)46-43(45-41)30-22-24-33-38(26-30)48-37-21-11-20-35(40(33)37)47-34-19-10-9-18-32(34)39-31-17-8-7-12-27(31)23-25-36(39)47/h1-26H. The molecular weight excluding hydrogens is 605 g/mol. The zero-order chi connectivity index (χ0) is 31.6. The van der Waals surface area contributed by atoms with Crippen molar-refractivity contribution in [2.75, 3.05) is 0 Å². The molecule has 0 fully saturated rings. The molecule has 0 aliphatic rings. The predicted molar refractivity (Wildman–Crippen MR) is 201 cm³/mol. The number of hydrogen-bond acceptors (Lipinski definition) is 4. The Hall–Kier alpha value is -6.17. The fourth-order valence-electron chi connectivity index (χ4n) is 7.07. The monoisotopic (exact) mass is 630 g/mol. The van der Waals surface area contributed by atoms with E-state index in [4.69, 9.17) is 15.0 Å². The van der Waals surface area contributed by atoms with Gasteiger partial charge in [0.05, 0.1) is 16.7 Å². The summed E-state index contributed by atoms with van der Waals surface area (Å²) in [4.78, 5) is 14.9. The molecule has 0 saturated heterocycles. The maximum Gasteiger partial charge on any atom is 0.164 e. The lowest BCUT2D eigenvalue weighted by molar-refractivity contribution is 1.07. The van der Waals surface area contributed by atoms with E-state index in [-0.39, 0.29) is 0 Å². The van der Waals surface area contributed by atoms with Crippen molar-refractivity contribution in [2.45, 2.75) is 0 Å². The summed E-state index contributed by atoms with van der Waals surface area (Å²) in [6, 6.07) is 55.5. The molecule has 4 nitrogen and oxygen atoms in total. The fraction of sp³-hybridized carbons (Fsp3) is 0. The average molecular weight is 631 g/mol. The molecule has 3 heterocycles. The summed E-state index contributed by atoms with van der Waals surface area (Å²) in [5.41, 5.74) is 6.50. The van der Waals surface area contributed by atoms with Crippen LogP contribution in [0.2, 0.25) is 0 Å². The number of benzene rings is 7. The highest BCUT2D eigenvalue weighted by molar-refractivity contribution is 7.26. The van der Waals surface area contributed by atoms with Crippen LogP contribution in [0, 0.1) is 0 Å². The van der Waals surface area contributed by atoms with Crippen LogP contribution < -0.4 is 0 Å². The molecule has 0 spiro atoms. The second kappa shape index (κ2) is 10.7. The van der Waals surface area contributed by atoms with Gasteiger partial charge in [0, 0.05) is 47.6 Å². The van der Waals surface area contributed by atoms with Crippen molar-refractivity contribution in [1.82, 2.24) is 19.5 Å². The molecule has 10 rings (SSSR count). The van der Waals surface area contributed by atoms with Gasteiger partial charge in [0.15, 0.2) is 17.5 Å². The highest BCUT2D eigenvalue weighted by atomic mass is 32.1. The smallest absolute Gasteiger partial charge is 0.164 e. The van der Waals surface area contributed by atoms with Crippen molar-refractivity contribution in [3.05, 3.63) is 158 Å². The zero-order valence-electron chi connectivity index (χ0n) is 25.7. The Balaban J connectivity index is 1.19. The molecule has 0 unspecified atom stereocenters. The van der Waals surface area contributed by atoms with Crippen LogP contribution in [0.25, 0.3) is 92.6 Å². The molecule has 48 heavy (non-hydrogen) atoms. The maximum absolute atomic E-state index is 4.99. The van der Waals surface area contributed by atoms with Gasteiger partial charge in [-0.05, 0) is 41.1 Å². The first-order chi connectivity index (χ1) is 23.8. The molecule has 224 valence electrons. The van der Waals surface area contributed by atoms with E-state index in [1.54, 1.807) is 0 Å². The van der Waals surface area contributed by atoms with E-state index in [0.717, 1.165) is 16.7 Å². The third-order valence-electron chi connectivity index (χ3n) is 9.24. The van der Waals surface area contributed by atoms with Crippen molar-refractivity contribution < 1.29 is 0 Å². The van der Waals surface area contributed by atoms with Crippen LogP contribution in [0.15, 0.2) is 158 Å². The van der Waals surface area contributed by atoms with Crippen molar-refractivity contribution in [2.24, 2.45) is 0 Å². The Labute approximate surface area is 280 Å². The lowest BCUT2D eigenvalue weighted by atomic mass is 10.0. The molecule has 0 bridgehead atoms. The molecule has 5 heteroatoms. The molecule has 0 N–H and O–H groups in total. The van der Waals surface area contributed by atoms with Crippen molar-refractivity contribution >= 4 is 64.1 Å². The third-order valence-corrected chi connectivity index (χ3v) is 10.4. The lowest BCUT2D eigenvalue weighted by Crippen LogP contribution is -2.00. The van der Waals surface area contributed by atoms with Crippen LogP contribution in [0.4, 0.5) is 0 Å². The number of hydrogen-bond donors (Lipinski definition) is 0. The number of aromatic nitrogens is 4. The van der Waals surface area contributed by atoms with E-state index in [1.165, 1.54) is 58.4 Å². The molecule has 7 aromatic carbocycles. The van der Waals surface area contributed by atoms with Gasteiger partial charge in [0.1, 0.15) is 0 Å². The van der Waals surface area contributed by atoms with Gasteiger partial charge in [-0.25, -0.2) is 15.0 Å². The average Bonchev–Trinajstić information content (AvgIpc) is 3.71. The van der Waals surface area contributed by atoms with E-state index in [2.05, 4.69) is 102 Å². The van der Waals surface area contributed by atoms with Gasteiger partial charge in [-0.2, -0.15) is 0 Å². The topological polar surface area (TPSA) is 43.6 Å². The first-order valence-electron chi connectivity index (χ1n) is 16.0.